The Hall–Kier alpha value is -2.63. The van der Waals surface area contributed by atoms with Crippen molar-refractivity contribution in [1.29, 1.82) is 0 Å². The minimum atomic E-state index is 0.00289. The number of carbonyl (C=O) groups is 2. The number of nitrogens with zero attached hydrogens (tertiary/aromatic N) is 4. The molecule has 0 fully saturated rings. The smallest absolute Gasteiger partial charge is 0.272 e. The fourth-order valence-electron chi connectivity index (χ4n) is 4.36. The van der Waals surface area contributed by atoms with Crippen LogP contribution in [-0.2, 0) is 11.3 Å². The van der Waals surface area contributed by atoms with Crippen LogP contribution in [0.5, 0.6) is 0 Å². The number of carbonyl (C=O) groups excluding carboxylic acids is 2. The number of fused-ring (bicyclic) bond motifs is 1. The van der Waals surface area contributed by atoms with Crippen LogP contribution in [0.2, 0.25) is 0 Å². The van der Waals surface area contributed by atoms with Gasteiger partial charge in [0.05, 0.1) is 0 Å². The molecule has 0 N–H and O–H groups in total. The van der Waals surface area contributed by atoms with Crippen molar-refractivity contribution in [3.8, 4) is 0 Å². The first-order valence-corrected chi connectivity index (χ1v) is 12.1. The molecule has 3 rings (SSSR count). The summed E-state index contributed by atoms with van der Waals surface area (Å²) in [6.07, 6.45) is 7.54. The van der Waals surface area contributed by atoms with Crippen molar-refractivity contribution in [1.82, 2.24) is 14.7 Å². The Balaban J connectivity index is 1.95. The van der Waals surface area contributed by atoms with Crippen molar-refractivity contribution in [3.05, 3.63) is 47.8 Å². The van der Waals surface area contributed by atoms with Crippen molar-refractivity contribution in [3.63, 3.8) is 0 Å². The van der Waals surface area contributed by atoms with Crippen molar-refractivity contribution in [2.24, 2.45) is 5.92 Å². The molecule has 0 saturated carbocycles. The zero-order chi connectivity index (χ0) is 23.1. The maximum absolute atomic E-state index is 13.6. The fraction of sp³-hybridized carbons (Fsp3) is 0.577. The molecule has 1 aromatic carbocycles. The second-order valence-corrected chi connectivity index (χ2v) is 9.52. The molecule has 6 heteroatoms. The second-order valence-electron chi connectivity index (χ2n) is 9.52. The topological polar surface area (TPSA) is 58.4 Å². The molecule has 0 radical (unpaired) electrons. The van der Waals surface area contributed by atoms with Gasteiger partial charge in [0.1, 0.15) is 5.69 Å². The largest absolute Gasteiger partial charge is 0.333 e. The molecule has 0 aliphatic carbocycles. The highest BCUT2D eigenvalue weighted by atomic mass is 16.2. The van der Waals surface area contributed by atoms with Gasteiger partial charge in [-0.05, 0) is 50.3 Å². The van der Waals surface area contributed by atoms with Gasteiger partial charge in [0.15, 0.2) is 0 Å². The number of rotatable bonds is 4. The van der Waals surface area contributed by atoms with E-state index in [2.05, 4.69) is 25.0 Å². The van der Waals surface area contributed by atoms with E-state index in [0.29, 0.717) is 31.1 Å². The van der Waals surface area contributed by atoms with Crippen LogP contribution in [0, 0.1) is 5.92 Å². The molecule has 1 aliphatic rings. The lowest BCUT2D eigenvalue weighted by atomic mass is 10.0. The van der Waals surface area contributed by atoms with Gasteiger partial charge in [-0.3, -0.25) is 14.3 Å². The van der Waals surface area contributed by atoms with E-state index >= 15 is 0 Å². The van der Waals surface area contributed by atoms with Gasteiger partial charge in [-0.2, -0.15) is 5.10 Å². The monoisotopic (exact) mass is 438 g/mol. The van der Waals surface area contributed by atoms with E-state index in [1.807, 2.05) is 47.9 Å². The summed E-state index contributed by atoms with van der Waals surface area (Å²) in [6, 6.07) is 9.99. The third kappa shape index (κ3) is 5.99. The zero-order valence-corrected chi connectivity index (χ0v) is 20.1. The average Bonchev–Trinajstić information content (AvgIpc) is 3.23. The highest BCUT2D eigenvalue weighted by Crippen LogP contribution is 2.26. The predicted molar refractivity (Wildman–Crippen MR) is 129 cm³/mol. The van der Waals surface area contributed by atoms with Crippen molar-refractivity contribution >= 4 is 17.5 Å². The van der Waals surface area contributed by atoms with E-state index in [0.717, 1.165) is 49.9 Å². The minimum Gasteiger partial charge on any atom is -0.333 e. The Morgan fingerprint density at radius 2 is 1.62 bits per heavy atom. The first-order chi connectivity index (χ1) is 15.4. The summed E-state index contributed by atoms with van der Waals surface area (Å²) < 4.78 is 1.79. The van der Waals surface area contributed by atoms with E-state index in [1.165, 1.54) is 0 Å². The molecule has 0 atom stereocenters. The molecule has 2 amide bonds. The summed E-state index contributed by atoms with van der Waals surface area (Å²) in [5.74, 6) is 0.480. The van der Waals surface area contributed by atoms with E-state index in [4.69, 9.17) is 0 Å². The van der Waals surface area contributed by atoms with Crippen molar-refractivity contribution < 1.29 is 9.59 Å². The molecule has 0 spiro atoms. The Morgan fingerprint density at radius 3 is 2.34 bits per heavy atom. The highest BCUT2D eigenvalue weighted by Gasteiger charge is 2.25. The molecule has 1 aliphatic heterocycles. The quantitative estimate of drug-likeness (QED) is 0.638. The molecule has 2 heterocycles. The molecule has 174 valence electrons. The first-order valence-electron chi connectivity index (χ1n) is 12.1. The van der Waals surface area contributed by atoms with Gasteiger partial charge in [-0.1, -0.05) is 51.3 Å². The lowest BCUT2D eigenvalue weighted by molar-refractivity contribution is -0.119. The second kappa shape index (κ2) is 11.3. The van der Waals surface area contributed by atoms with Crippen LogP contribution in [-0.4, -0.2) is 39.6 Å². The molecule has 0 unspecified atom stereocenters. The number of para-hydroxylation sites is 1. The van der Waals surface area contributed by atoms with E-state index in [1.54, 1.807) is 10.9 Å². The van der Waals surface area contributed by atoms with Crippen LogP contribution in [0.1, 0.15) is 88.3 Å². The molecular formula is C26H38N4O2. The lowest BCUT2D eigenvalue weighted by Gasteiger charge is -2.30. The third-order valence-electron chi connectivity index (χ3n) is 6.00. The number of hydrogen-bond donors (Lipinski definition) is 0. The number of benzene rings is 1. The zero-order valence-electron chi connectivity index (χ0n) is 20.1. The molecule has 2 aromatic rings. The Kier molecular flexibility index (Phi) is 8.48. The van der Waals surface area contributed by atoms with Crippen LogP contribution in [0.3, 0.4) is 0 Å². The summed E-state index contributed by atoms with van der Waals surface area (Å²) in [5.41, 5.74) is 2.58. The van der Waals surface area contributed by atoms with Crippen molar-refractivity contribution in [2.45, 2.75) is 78.8 Å². The van der Waals surface area contributed by atoms with Crippen LogP contribution in [0.25, 0.3) is 0 Å². The van der Waals surface area contributed by atoms with Gasteiger partial charge < -0.3 is 9.80 Å². The fourth-order valence-corrected chi connectivity index (χ4v) is 4.36. The van der Waals surface area contributed by atoms with Crippen molar-refractivity contribution in [2.75, 3.05) is 18.0 Å². The average molecular weight is 439 g/mol. The maximum atomic E-state index is 13.6. The summed E-state index contributed by atoms with van der Waals surface area (Å²) in [4.78, 5) is 30.6. The van der Waals surface area contributed by atoms with Gasteiger partial charge in [0, 0.05) is 44.0 Å². The van der Waals surface area contributed by atoms with E-state index in [9.17, 15) is 9.59 Å². The normalized spacial score (nSPS) is 15.9. The molecule has 0 saturated heterocycles. The Labute approximate surface area is 192 Å². The predicted octanol–water partition coefficient (Wildman–Crippen LogP) is 5.45. The standard InChI is InChI=1S/C26H38N4O2/c1-20(2)18-25(31)29-17-11-7-5-6-10-16-28(19-22-12-8-9-13-23(22)29)26(32)24-14-15-27-30(24)21(3)4/h8-9,12-15,20-21H,5-7,10-11,16-19H2,1-4H3. The van der Waals surface area contributed by atoms with Crippen LogP contribution < -0.4 is 4.90 Å². The number of hydrogen-bond acceptors (Lipinski definition) is 3. The highest BCUT2D eigenvalue weighted by molar-refractivity contribution is 5.95. The van der Waals surface area contributed by atoms with Crippen LogP contribution in [0.4, 0.5) is 5.69 Å². The third-order valence-corrected chi connectivity index (χ3v) is 6.00. The first kappa shape index (κ1) is 24.0. The summed E-state index contributed by atoms with van der Waals surface area (Å²) in [5, 5.41) is 4.36. The molecule has 6 nitrogen and oxygen atoms in total. The SMILES string of the molecule is CC(C)CC(=O)N1CCCCCCCN(C(=O)c2ccnn2C(C)C)Cc2ccccc21. The van der Waals surface area contributed by atoms with Gasteiger partial charge in [0.25, 0.3) is 5.91 Å². The molecular weight excluding hydrogens is 400 g/mol. The van der Waals surface area contributed by atoms with Gasteiger partial charge in [0.2, 0.25) is 5.91 Å². The minimum absolute atomic E-state index is 0.00289. The van der Waals surface area contributed by atoms with E-state index < -0.39 is 0 Å². The maximum Gasteiger partial charge on any atom is 0.272 e. The van der Waals surface area contributed by atoms with Crippen LogP contribution in [0.15, 0.2) is 36.5 Å². The summed E-state index contributed by atoms with van der Waals surface area (Å²) >= 11 is 0. The molecule has 1 aromatic heterocycles. The number of aromatic nitrogens is 2. The lowest BCUT2D eigenvalue weighted by Crippen LogP contribution is -2.36. The van der Waals surface area contributed by atoms with Crippen LogP contribution >= 0.6 is 0 Å². The number of anilines is 1. The Morgan fingerprint density at radius 1 is 0.938 bits per heavy atom. The van der Waals surface area contributed by atoms with Gasteiger partial charge in [-0.25, -0.2) is 0 Å². The van der Waals surface area contributed by atoms with Gasteiger partial charge >= 0.3 is 0 Å². The Bertz CT molecular complexity index is 903. The molecule has 0 bridgehead atoms. The van der Waals surface area contributed by atoms with Gasteiger partial charge in [-0.15, -0.1) is 0 Å². The summed E-state index contributed by atoms with van der Waals surface area (Å²) in [7, 11) is 0. The molecule has 32 heavy (non-hydrogen) atoms. The number of amides is 2. The summed E-state index contributed by atoms with van der Waals surface area (Å²) in [6.45, 7) is 10.2. The van der Waals surface area contributed by atoms with E-state index in [-0.39, 0.29) is 17.9 Å².